The van der Waals surface area contributed by atoms with Gasteiger partial charge in [-0.05, 0) is 67.9 Å². The van der Waals surface area contributed by atoms with E-state index in [-0.39, 0.29) is 29.6 Å². The fraction of sp³-hybridized carbons (Fsp3) is 0.652. The molecule has 0 bridgehead atoms. The van der Waals surface area contributed by atoms with Crippen LogP contribution in [-0.2, 0) is 14.9 Å². The lowest BCUT2D eigenvalue weighted by atomic mass is 9.65. The van der Waals surface area contributed by atoms with Crippen molar-refractivity contribution in [1.29, 1.82) is 0 Å². The first-order chi connectivity index (χ1) is 13.4. The second-order valence-corrected chi connectivity index (χ2v) is 9.72. The van der Waals surface area contributed by atoms with E-state index in [1.165, 1.54) is 24.0 Å². The summed E-state index contributed by atoms with van der Waals surface area (Å²) >= 11 is 0. The number of carbonyl (C=O) groups excluding carboxylic acids is 2. The summed E-state index contributed by atoms with van der Waals surface area (Å²) in [4.78, 5) is 26.4. The fourth-order valence-electron chi connectivity index (χ4n) is 5.36. The molecule has 4 fully saturated rings. The Morgan fingerprint density at radius 2 is 1.79 bits per heavy atom. The van der Waals surface area contributed by atoms with Crippen LogP contribution in [0.15, 0.2) is 24.3 Å². The molecule has 4 aliphatic rings. The summed E-state index contributed by atoms with van der Waals surface area (Å²) in [7, 11) is 0. The van der Waals surface area contributed by atoms with Crippen LogP contribution in [0.5, 0.6) is 0 Å². The van der Waals surface area contributed by atoms with Gasteiger partial charge in [-0.2, -0.15) is 0 Å². The Balaban J connectivity index is 1.14. The number of nitrogens with zero attached hydrogens (tertiary/aromatic N) is 1. The summed E-state index contributed by atoms with van der Waals surface area (Å²) in [6.45, 7) is 5.94. The Labute approximate surface area is 166 Å². The summed E-state index contributed by atoms with van der Waals surface area (Å²) in [5.41, 5.74) is 3.01. The number of piperidine rings is 1. The number of cyclic esters (lactones) is 1. The number of ether oxygens (including phenoxy) is 1. The highest BCUT2D eigenvalue weighted by molar-refractivity contribution is 5.82. The van der Waals surface area contributed by atoms with Crippen LogP contribution in [0.3, 0.4) is 0 Å². The number of likely N-dealkylation sites (tertiary alicyclic amines) is 1. The molecule has 2 saturated carbocycles. The predicted molar refractivity (Wildman–Crippen MR) is 106 cm³/mol. The molecule has 0 radical (unpaired) electrons. The van der Waals surface area contributed by atoms with Crippen LogP contribution in [0.4, 0.5) is 4.79 Å². The molecule has 2 aliphatic carbocycles. The normalized spacial score (nSPS) is 33.9. The van der Waals surface area contributed by atoms with Crippen molar-refractivity contribution in [1.82, 2.24) is 10.2 Å². The summed E-state index contributed by atoms with van der Waals surface area (Å²) in [6.07, 6.45) is 5.62. The second kappa shape index (κ2) is 6.23. The fourth-order valence-corrected chi connectivity index (χ4v) is 5.36. The highest BCUT2D eigenvalue weighted by Crippen LogP contribution is 2.48. The summed E-state index contributed by atoms with van der Waals surface area (Å²) < 4.78 is 5.21. The Bertz CT molecular complexity index is 785. The molecule has 1 aromatic rings. The van der Waals surface area contributed by atoms with E-state index in [1.54, 1.807) is 0 Å². The zero-order valence-corrected chi connectivity index (χ0v) is 16.9. The van der Waals surface area contributed by atoms with E-state index in [2.05, 4.69) is 36.5 Å². The van der Waals surface area contributed by atoms with Crippen molar-refractivity contribution in [3.63, 3.8) is 0 Å². The Morgan fingerprint density at radius 1 is 1.14 bits per heavy atom. The van der Waals surface area contributed by atoms with Crippen molar-refractivity contribution in [3.05, 3.63) is 35.4 Å². The maximum absolute atomic E-state index is 12.9. The van der Waals surface area contributed by atoms with Crippen LogP contribution in [-0.4, -0.2) is 41.6 Å². The molecule has 1 spiro atoms. The van der Waals surface area contributed by atoms with E-state index in [4.69, 9.17) is 4.74 Å². The van der Waals surface area contributed by atoms with Crippen LogP contribution in [0.2, 0.25) is 0 Å². The zero-order valence-electron chi connectivity index (χ0n) is 16.9. The van der Waals surface area contributed by atoms with E-state index in [1.807, 2.05) is 11.8 Å². The van der Waals surface area contributed by atoms with E-state index in [9.17, 15) is 9.59 Å². The molecule has 28 heavy (non-hydrogen) atoms. The number of carbonyl (C=O) groups is 2. The molecular weight excluding hydrogens is 352 g/mol. The molecule has 2 saturated heterocycles. The van der Waals surface area contributed by atoms with Crippen molar-refractivity contribution in [2.45, 2.75) is 75.3 Å². The molecule has 2 aliphatic heterocycles. The number of benzene rings is 1. The first-order valence-electron chi connectivity index (χ1n) is 10.8. The van der Waals surface area contributed by atoms with Crippen molar-refractivity contribution in [3.8, 4) is 0 Å². The maximum Gasteiger partial charge on any atom is 0.408 e. The van der Waals surface area contributed by atoms with Gasteiger partial charge >= 0.3 is 6.09 Å². The van der Waals surface area contributed by atoms with Crippen LogP contribution in [0.1, 0.15) is 69.4 Å². The molecule has 0 aromatic heterocycles. The minimum atomic E-state index is -0.346. The van der Waals surface area contributed by atoms with E-state index in [0.29, 0.717) is 24.2 Å². The van der Waals surface area contributed by atoms with Crippen molar-refractivity contribution < 1.29 is 14.3 Å². The topological polar surface area (TPSA) is 58.6 Å². The van der Waals surface area contributed by atoms with Gasteiger partial charge in [0.1, 0.15) is 6.10 Å². The van der Waals surface area contributed by atoms with E-state index >= 15 is 0 Å². The molecule has 2 amide bonds. The average Bonchev–Trinajstić information content (AvgIpc) is 3.35. The summed E-state index contributed by atoms with van der Waals surface area (Å²) in [5, 5.41) is 2.92. The largest absolute Gasteiger partial charge is 0.444 e. The van der Waals surface area contributed by atoms with Gasteiger partial charge < -0.3 is 15.0 Å². The summed E-state index contributed by atoms with van der Waals surface area (Å²) in [6, 6.07) is 9.24. The van der Waals surface area contributed by atoms with Gasteiger partial charge in [-0.3, -0.25) is 4.79 Å². The first-order valence-corrected chi connectivity index (χ1v) is 10.8. The third kappa shape index (κ3) is 2.90. The van der Waals surface area contributed by atoms with Crippen LogP contribution in [0.25, 0.3) is 0 Å². The lowest BCUT2D eigenvalue weighted by molar-refractivity contribution is -0.143. The van der Waals surface area contributed by atoms with E-state index in [0.717, 1.165) is 25.9 Å². The van der Waals surface area contributed by atoms with Crippen LogP contribution < -0.4 is 5.32 Å². The standard InChI is InChI=1S/C23H30N2O3/c1-15-23(24-21(27)28-15)13-18(14-23)20(26)25-11-7-17(8-12-25)16-3-5-19(6-4-16)22(2)9-10-22/h3-6,15,17-18H,7-14H2,1-2H3,(H,24,27)/t15-,18?,23?/m0/s1. The Morgan fingerprint density at radius 3 is 2.32 bits per heavy atom. The zero-order chi connectivity index (χ0) is 19.5. The number of rotatable bonds is 3. The number of alkyl carbamates (subject to hydrolysis) is 1. The lowest BCUT2D eigenvalue weighted by Crippen LogP contribution is -2.61. The maximum atomic E-state index is 12.9. The number of nitrogens with one attached hydrogen (secondary N) is 1. The molecular formula is C23H30N2O3. The van der Waals surface area contributed by atoms with Gasteiger partial charge in [0.05, 0.1) is 5.54 Å². The minimum Gasteiger partial charge on any atom is -0.444 e. The number of hydrogen-bond acceptors (Lipinski definition) is 3. The molecule has 1 N–H and O–H groups in total. The Kier molecular flexibility index (Phi) is 4.01. The van der Waals surface area contributed by atoms with Gasteiger partial charge in [0.2, 0.25) is 5.91 Å². The highest BCUT2D eigenvalue weighted by Gasteiger charge is 2.57. The average molecular weight is 383 g/mol. The van der Waals surface area contributed by atoms with Crippen molar-refractivity contribution in [2.24, 2.45) is 5.92 Å². The molecule has 5 nitrogen and oxygen atoms in total. The monoisotopic (exact) mass is 382 g/mol. The molecule has 0 unspecified atom stereocenters. The van der Waals surface area contributed by atoms with Gasteiger partial charge in [0.25, 0.3) is 0 Å². The minimum absolute atomic E-state index is 0.0274. The van der Waals surface area contributed by atoms with Gasteiger partial charge in [0, 0.05) is 19.0 Å². The lowest BCUT2D eigenvalue weighted by Gasteiger charge is -2.47. The molecule has 1 aromatic carbocycles. The van der Waals surface area contributed by atoms with Gasteiger partial charge in [0.15, 0.2) is 0 Å². The van der Waals surface area contributed by atoms with E-state index < -0.39 is 0 Å². The van der Waals surface area contributed by atoms with Crippen molar-refractivity contribution >= 4 is 12.0 Å². The third-order valence-corrected chi connectivity index (χ3v) is 7.87. The quantitative estimate of drug-likeness (QED) is 0.867. The van der Waals surface area contributed by atoms with Gasteiger partial charge in [-0.1, -0.05) is 31.2 Å². The first kappa shape index (κ1) is 18.0. The van der Waals surface area contributed by atoms with Crippen LogP contribution in [0, 0.1) is 5.92 Å². The van der Waals surface area contributed by atoms with Gasteiger partial charge in [-0.15, -0.1) is 0 Å². The molecule has 2 heterocycles. The molecule has 5 rings (SSSR count). The smallest absolute Gasteiger partial charge is 0.408 e. The third-order valence-electron chi connectivity index (χ3n) is 7.87. The summed E-state index contributed by atoms with van der Waals surface area (Å²) in [5.74, 6) is 0.842. The van der Waals surface area contributed by atoms with Crippen LogP contribution >= 0.6 is 0 Å². The molecule has 150 valence electrons. The molecule has 1 atom stereocenters. The molecule has 5 heteroatoms. The number of amides is 2. The Hall–Kier alpha value is -2.04. The SMILES string of the molecule is C[C@@H]1OC(=O)NC12CC(C(=O)N1CCC(c3ccc(C4(C)CC4)cc3)CC1)C2. The predicted octanol–water partition coefficient (Wildman–Crippen LogP) is 3.72. The second-order valence-electron chi connectivity index (χ2n) is 9.72. The van der Waals surface area contributed by atoms with Gasteiger partial charge in [-0.25, -0.2) is 4.79 Å². The van der Waals surface area contributed by atoms with Crippen molar-refractivity contribution in [2.75, 3.05) is 13.1 Å². The number of hydrogen-bond donors (Lipinski definition) is 1. The highest BCUT2D eigenvalue weighted by atomic mass is 16.6.